The molecule has 1 aliphatic rings. The van der Waals surface area contributed by atoms with Crippen LogP contribution in [0.2, 0.25) is 0 Å². The summed E-state index contributed by atoms with van der Waals surface area (Å²) in [4.78, 5) is 16.7. The van der Waals surface area contributed by atoms with Gasteiger partial charge in [0.05, 0.1) is 0 Å². The van der Waals surface area contributed by atoms with Gasteiger partial charge in [-0.3, -0.25) is 4.79 Å². The number of benzene rings is 1. The van der Waals surface area contributed by atoms with Crippen LogP contribution in [0.15, 0.2) is 42.0 Å². The third-order valence-electron chi connectivity index (χ3n) is 3.62. The van der Waals surface area contributed by atoms with Crippen LogP contribution >= 0.6 is 0 Å². The average Bonchev–Trinajstić information content (AvgIpc) is 2.89. The van der Waals surface area contributed by atoms with E-state index in [1.807, 2.05) is 24.3 Å². The maximum Gasteiger partial charge on any atom is 0.412 e. The van der Waals surface area contributed by atoms with Gasteiger partial charge < -0.3 is 9.88 Å². The molecule has 0 bridgehead atoms. The molecule has 1 N–H and O–H groups in total. The number of amides is 1. The number of rotatable bonds is 1. The van der Waals surface area contributed by atoms with Crippen LogP contribution in [0.4, 0.5) is 13.2 Å². The zero-order chi connectivity index (χ0) is 15.0. The third kappa shape index (κ3) is 2.66. The van der Waals surface area contributed by atoms with Crippen molar-refractivity contribution in [2.75, 3.05) is 13.1 Å². The van der Waals surface area contributed by atoms with Gasteiger partial charge in [0, 0.05) is 29.6 Å². The number of aromatic amines is 1. The Morgan fingerprint density at radius 3 is 2.62 bits per heavy atom. The quantitative estimate of drug-likeness (QED) is 0.803. The molecule has 0 unspecified atom stereocenters. The van der Waals surface area contributed by atoms with Crippen molar-refractivity contribution >= 4 is 16.8 Å². The van der Waals surface area contributed by atoms with Gasteiger partial charge in [-0.15, -0.1) is 0 Å². The molecule has 1 aromatic carbocycles. The number of carbonyl (C=O) groups is 1. The summed E-state index contributed by atoms with van der Waals surface area (Å²) < 4.78 is 37.7. The Labute approximate surface area is 119 Å². The lowest BCUT2D eigenvalue weighted by atomic mass is 10.1. The van der Waals surface area contributed by atoms with E-state index in [2.05, 4.69) is 4.98 Å². The van der Waals surface area contributed by atoms with Crippen molar-refractivity contribution in [2.24, 2.45) is 0 Å². The molecular formula is C15H13F3N2O. The van der Waals surface area contributed by atoms with Gasteiger partial charge >= 0.3 is 6.18 Å². The van der Waals surface area contributed by atoms with Gasteiger partial charge in [0.15, 0.2) is 0 Å². The van der Waals surface area contributed by atoms with Crippen molar-refractivity contribution in [1.82, 2.24) is 9.88 Å². The van der Waals surface area contributed by atoms with E-state index in [1.54, 1.807) is 6.07 Å². The van der Waals surface area contributed by atoms with E-state index in [9.17, 15) is 18.0 Å². The number of nitrogens with zero attached hydrogens (tertiary/aromatic N) is 1. The molecule has 110 valence electrons. The highest BCUT2D eigenvalue weighted by molar-refractivity contribution is 5.98. The minimum Gasteiger partial charge on any atom is -0.351 e. The highest BCUT2D eigenvalue weighted by Crippen LogP contribution is 2.30. The van der Waals surface area contributed by atoms with Crippen molar-refractivity contribution in [3.63, 3.8) is 0 Å². The number of nitrogens with one attached hydrogen (secondary N) is 1. The molecular weight excluding hydrogens is 281 g/mol. The molecule has 0 saturated carbocycles. The van der Waals surface area contributed by atoms with Crippen molar-refractivity contribution in [1.29, 1.82) is 0 Å². The van der Waals surface area contributed by atoms with Crippen LogP contribution in [0.1, 0.15) is 16.9 Å². The maximum atomic E-state index is 12.6. The lowest BCUT2D eigenvalue weighted by Gasteiger charge is -2.26. The summed E-state index contributed by atoms with van der Waals surface area (Å²) in [5.74, 6) is -0.274. The Morgan fingerprint density at radius 2 is 2.00 bits per heavy atom. The molecule has 0 spiro atoms. The van der Waals surface area contributed by atoms with Crippen molar-refractivity contribution < 1.29 is 18.0 Å². The SMILES string of the molecule is O=C(c1cc2ccccc2[nH]1)N1CC=C(C(F)(F)F)CC1. The first-order chi connectivity index (χ1) is 9.95. The summed E-state index contributed by atoms with van der Waals surface area (Å²) in [6.45, 7) is 0.0720. The van der Waals surface area contributed by atoms with Gasteiger partial charge in [-0.1, -0.05) is 24.3 Å². The molecule has 0 radical (unpaired) electrons. The topological polar surface area (TPSA) is 36.1 Å². The molecule has 21 heavy (non-hydrogen) atoms. The smallest absolute Gasteiger partial charge is 0.351 e. The number of para-hydroxylation sites is 1. The van der Waals surface area contributed by atoms with E-state index in [0.29, 0.717) is 5.69 Å². The molecule has 0 fully saturated rings. The first-order valence-corrected chi connectivity index (χ1v) is 6.58. The highest BCUT2D eigenvalue weighted by Gasteiger charge is 2.35. The molecule has 0 saturated heterocycles. The van der Waals surface area contributed by atoms with E-state index in [4.69, 9.17) is 0 Å². The third-order valence-corrected chi connectivity index (χ3v) is 3.62. The fourth-order valence-corrected chi connectivity index (χ4v) is 2.47. The normalized spacial score (nSPS) is 16.1. The van der Waals surface area contributed by atoms with Crippen molar-refractivity contribution in [3.05, 3.63) is 47.7 Å². The molecule has 2 aromatic rings. The van der Waals surface area contributed by atoms with Gasteiger partial charge in [-0.2, -0.15) is 13.2 Å². The molecule has 0 aliphatic carbocycles. The van der Waals surface area contributed by atoms with E-state index < -0.39 is 11.7 Å². The highest BCUT2D eigenvalue weighted by atomic mass is 19.4. The minimum atomic E-state index is -4.30. The van der Waals surface area contributed by atoms with Crippen LogP contribution in [-0.2, 0) is 0 Å². The fraction of sp³-hybridized carbons (Fsp3) is 0.267. The van der Waals surface area contributed by atoms with Crippen LogP contribution in [0, 0.1) is 0 Å². The number of aromatic nitrogens is 1. The standard InChI is InChI=1S/C15H13F3N2O/c16-15(17,18)11-5-7-20(8-6-11)14(21)13-9-10-3-1-2-4-12(10)19-13/h1-5,9,19H,6-8H2. The first kappa shape index (κ1) is 13.7. The number of fused-ring (bicyclic) bond motifs is 1. The van der Waals surface area contributed by atoms with Crippen LogP contribution in [0.3, 0.4) is 0 Å². The first-order valence-electron chi connectivity index (χ1n) is 6.58. The number of H-pyrrole nitrogens is 1. The Kier molecular flexibility index (Phi) is 3.23. The van der Waals surface area contributed by atoms with Gasteiger partial charge in [-0.05, 0) is 18.6 Å². The zero-order valence-electron chi connectivity index (χ0n) is 11.1. The second-order valence-corrected chi connectivity index (χ2v) is 5.00. The summed E-state index contributed by atoms with van der Waals surface area (Å²) in [6.07, 6.45) is -3.37. The van der Waals surface area contributed by atoms with E-state index >= 15 is 0 Å². The molecule has 6 heteroatoms. The van der Waals surface area contributed by atoms with Gasteiger partial charge in [0.1, 0.15) is 5.69 Å². The fourth-order valence-electron chi connectivity index (χ4n) is 2.47. The molecule has 1 aromatic heterocycles. The number of halogens is 3. The summed E-state index contributed by atoms with van der Waals surface area (Å²) in [6, 6.07) is 9.17. The maximum absolute atomic E-state index is 12.6. The summed E-state index contributed by atoms with van der Waals surface area (Å²) >= 11 is 0. The Morgan fingerprint density at radius 1 is 1.24 bits per heavy atom. The molecule has 1 aliphatic heterocycles. The lowest BCUT2D eigenvalue weighted by Crippen LogP contribution is -2.36. The summed E-state index contributed by atoms with van der Waals surface area (Å²) in [7, 11) is 0. The minimum absolute atomic E-state index is 0.0109. The molecule has 1 amide bonds. The summed E-state index contributed by atoms with van der Waals surface area (Å²) in [5, 5.41) is 0.907. The Balaban J connectivity index is 1.79. The Bertz CT molecular complexity index is 682. The number of hydrogen-bond acceptors (Lipinski definition) is 1. The van der Waals surface area contributed by atoms with Gasteiger partial charge in [-0.25, -0.2) is 0 Å². The number of hydrogen-bond donors (Lipinski definition) is 1. The van der Waals surface area contributed by atoms with Crippen LogP contribution in [0.5, 0.6) is 0 Å². The van der Waals surface area contributed by atoms with E-state index in [0.717, 1.165) is 17.0 Å². The van der Waals surface area contributed by atoms with E-state index in [-0.39, 0.29) is 25.4 Å². The lowest BCUT2D eigenvalue weighted by molar-refractivity contribution is -0.0957. The molecule has 2 heterocycles. The largest absolute Gasteiger partial charge is 0.412 e. The monoisotopic (exact) mass is 294 g/mol. The molecule has 0 atom stereocenters. The number of alkyl halides is 3. The Hall–Kier alpha value is -2.24. The van der Waals surface area contributed by atoms with E-state index in [1.165, 1.54) is 4.90 Å². The second-order valence-electron chi connectivity index (χ2n) is 5.00. The second kappa shape index (κ2) is 4.95. The van der Waals surface area contributed by atoms with Crippen LogP contribution in [-0.4, -0.2) is 35.1 Å². The molecule has 3 rings (SSSR count). The predicted molar refractivity (Wildman–Crippen MR) is 73.0 cm³/mol. The van der Waals surface area contributed by atoms with Crippen LogP contribution < -0.4 is 0 Å². The van der Waals surface area contributed by atoms with Crippen LogP contribution in [0.25, 0.3) is 10.9 Å². The molecule has 3 nitrogen and oxygen atoms in total. The number of carbonyl (C=O) groups excluding carboxylic acids is 1. The van der Waals surface area contributed by atoms with Gasteiger partial charge in [0.2, 0.25) is 0 Å². The van der Waals surface area contributed by atoms with Gasteiger partial charge in [0.25, 0.3) is 5.91 Å². The van der Waals surface area contributed by atoms with Crippen molar-refractivity contribution in [3.8, 4) is 0 Å². The summed E-state index contributed by atoms with van der Waals surface area (Å²) in [5.41, 5.74) is 0.688. The van der Waals surface area contributed by atoms with Crippen molar-refractivity contribution in [2.45, 2.75) is 12.6 Å². The average molecular weight is 294 g/mol. The zero-order valence-corrected chi connectivity index (χ0v) is 11.1. The predicted octanol–water partition coefficient (Wildman–Crippen LogP) is 3.50.